The summed E-state index contributed by atoms with van der Waals surface area (Å²) in [5.74, 6) is 1.55. The summed E-state index contributed by atoms with van der Waals surface area (Å²) in [6.45, 7) is 13.6. The van der Waals surface area contributed by atoms with Crippen LogP contribution in [0.2, 0.25) is 0 Å². The van der Waals surface area contributed by atoms with Crippen LogP contribution in [0.15, 0.2) is 0 Å². The van der Waals surface area contributed by atoms with Crippen molar-refractivity contribution in [3.8, 4) is 0 Å². The van der Waals surface area contributed by atoms with Crippen LogP contribution >= 0.6 is 0 Å². The lowest BCUT2D eigenvalue weighted by Crippen LogP contribution is -2.30. The molecule has 0 rings (SSSR count). The normalized spacial score (nSPS) is 12.2. The van der Waals surface area contributed by atoms with Crippen molar-refractivity contribution in [2.75, 3.05) is 13.2 Å². The van der Waals surface area contributed by atoms with Gasteiger partial charge in [-0.2, -0.15) is 0 Å². The van der Waals surface area contributed by atoms with E-state index in [1.807, 2.05) is 0 Å². The molecular formula is C48H92O6. The van der Waals surface area contributed by atoms with E-state index in [1.54, 1.807) is 0 Å². The highest BCUT2D eigenvalue weighted by Crippen LogP contribution is 2.17. The van der Waals surface area contributed by atoms with Gasteiger partial charge in [0.2, 0.25) is 0 Å². The van der Waals surface area contributed by atoms with E-state index in [0.29, 0.717) is 19.3 Å². The first-order valence-electron chi connectivity index (χ1n) is 23.6. The Kier molecular flexibility index (Phi) is 38.5. The molecule has 0 N–H and O–H groups in total. The summed E-state index contributed by atoms with van der Waals surface area (Å²) in [7, 11) is 0. The van der Waals surface area contributed by atoms with E-state index in [2.05, 4.69) is 41.5 Å². The number of unbranched alkanes of at least 4 members (excludes halogenated alkanes) is 24. The fourth-order valence-electron chi connectivity index (χ4n) is 7.06. The molecule has 0 unspecified atom stereocenters. The zero-order valence-corrected chi connectivity index (χ0v) is 37.0. The van der Waals surface area contributed by atoms with Crippen molar-refractivity contribution in [3.05, 3.63) is 0 Å². The molecule has 0 fully saturated rings. The largest absolute Gasteiger partial charge is 0.462 e. The molecule has 6 heteroatoms. The number of carbonyl (C=O) groups excluding carboxylic acids is 3. The molecule has 6 nitrogen and oxygen atoms in total. The molecule has 1 atom stereocenters. The zero-order chi connectivity index (χ0) is 39.9. The standard InChI is InChI=1S/C48H92O6/c1-42(2)34-28-22-16-11-8-7-9-13-19-25-31-37-46(49)52-40-45(41-53-47(50)38-32-26-21-15-18-24-30-36-44(5)6)54-48(51)39-33-27-20-14-10-12-17-23-29-35-43(3)4/h42-45H,7-41H2,1-6H3/t45-/m1/s1. The molecule has 0 saturated heterocycles. The van der Waals surface area contributed by atoms with Gasteiger partial charge >= 0.3 is 17.9 Å². The highest BCUT2D eigenvalue weighted by atomic mass is 16.6. The number of ether oxygens (including phenoxy) is 3. The second-order valence-corrected chi connectivity index (χ2v) is 17.8. The minimum Gasteiger partial charge on any atom is -0.462 e. The molecule has 0 aromatic carbocycles. The second kappa shape index (κ2) is 39.6. The predicted octanol–water partition coefficient (Wildman–Crippen LogP) is 14.8. The van der Waals surface area contributed by atoms with Crippen LogP contribution in [0.5, 0.6) is 0 Å². The Hall–Kier alpha value is -1.59. The first-order valence-corrected chi connectivity index (χ1v) is 23.6. The maximum atomic E-state index is 12.7. The molecule has 0 spiro atoms. The van der Waals surface area contributed by atoms with Gasteiger partial charge in [-0.15, -0.1) is 0 Å². The molecule has 0 aliphatic heterocycles. The molecule has 0 aliphatic carbocycles. The smallest absolute Gasteiger partial charge is 0.306 e. The minimum absolute atomic E-state index is 0.0662. The van der Waals surface area contributed by atoms with Gasteiger partial charge < -0.3 is 14.2 Å². The van der Waals surface area contributed by atoms with Gasteiger partial charge in [-0.3, -0.25) is 14.4 Å². The molecule has 0 aliphatic rings. The maximum absolute atomic E-state index is 12.7. The number of hydrogen-bond donors (Lipinski definition) is 0. The van der Waals surface area contributed by atoms with Crippen molar-refractivity contribution >= 4 is 17.9 Å². The van der Waals surface area contributed by atoms with Crippen LogP contribution in [0.4, 0.5) is 0 Å². The Morgan fingerprint density at radius 3 is 0.796 bits per heavy atom. The number of esters is 3. The Balaban J connectivity index is 4.33. The van der Waals surface area contributed by atoms with E-state index in [-0.39, 0.29) is 31.1 Å². The molecule has 0 aromatic rings. The van der Waals surface area contributed by atoms with Gasteiger partial charge in [0.15, 0.2) is 6.10 Å². The van der Waals surface area contributed by atoms with Gasteiger partial charge in [0, 0.05) is 19.3 Å². The third kappa shape index (κ3) is 41.6. The molecule has 0 bridgehead atoms. The summed E-state index contributed by atoms with van der Waals surface area (Å²) < 4.78 is 16.7. The van der Waals surface area contributed by atoms with Crippen LogP contribution in [0, 0.1) is 17.8 Å². The van der Waals surface area contributed by atoms with Gasteiger partial charge in [0.05, 0.1) is 0 Å². The van der Waals surface area contributed by atoms with Gasteiger partial charge in [-0.25, -0.2) is 0 Å². The molecule has 320 valence electrons. The third-order valence-electron chi connectivity index (χ3n) is 10.6. The van der Waals surface area contributed by atoms with Crippen LogP contribution in [0.25, 0.3) is 0 Å². The highest BCUT2D eigenvalue weighted by molar-refractivity contribution is 5.71. The van der Waals surface area contributed by atoms with E-state index < -0.39 is 6.10 Å². The maximum Gasteiger partial charge on any atom is 0.306 e. The van der Waals surface area contributed by atoms with Crippen LogP contribution in [-0.4, -0.2) is 37.2 Å². The van der Waals surface area contributed by atoms with Crippen molar-refractivity contribution in [1.29, 1.82) is 0 Å². The average Bonchev–Trinajstić information content (AvgIpc) is 3.12. The first kappa shape index (κ1) is 52.4. The average molecular weight is 765 g/mol. The van der Waals surface area contributed by atoms with Gasteiger partial charge in [0.25, 0.3) is 0 Å². The van der Waals surface area contributed by atoms with Gasteiger partial charge in [-0.1, -0.05) is 215 Å². The SMILES string of the molecule is CC(C)CCCCCCCCCCCCCC(=O)OC[C@H](COC(=O)CCCCCCCCCC(C)C)OC(=O)CCCCCCCCCCCC(C)C. The summed E-state index contributed by atoms with van der Waals surface area (Å²) in [5.41, 5.74) is 0. The van der Waals surface area contributed by atoms with Gasteiger partial charge in [0.1, 0.15) is 13.2 Å². The monoisotopic (exact) mass is 765 g/mol. The van der Waals surface area contributed by atoms with Crippen LogP contribution in [0.1, 0.15) is 253 Å². The van der Waals surface area contributed by atoms with Crippen molar-refractivity contribution in [1.82, 2.24) is 0 Å². The van der Waals surface area contributed by atoms with Crippen LogP contribution in [0.3, 0.4) is 0 Å². The van der Waals surface area contributed by atoms with Gasteiger partial charge in [-0.05, 0) is 37.0 Å². The summed E-state index contributed by atoms with van der Waals surface area (Å²) in [6, 6.07) is 0. The Morgan fingerprint density at radius 2 is 0.537 bits per heavy atom. The molecule has 0 radical (unpaired) electrons. The van der Waals surface area contributed by atoms with E-state index >= 15 is 0 Å². The van der Waals surface area contributed by atoms with E-state index in [1.165, 1.54) is 135 Å². The molecule has 0 saturated carbocycles. The fourth-order valence-corrected chi connectivity index (χ4v) is 7.06. The van der Waals surface area contributed by atoms with Crippen LogP contribution < -0.4 is 0 Å². The zero-order valence-electron chi connectivity index (χ0n) is 37.0. The first-order chi connectivity index (χ1) is 26.1. The van der Waals surface area contributed by atoms with Crippen molar-refractivity contribution in [3.63, 3.8) is 0 Å². The predicted molar refractivity (Wildman–Crippen MR) is 229 cm³/mol. The van der Waals surface area contributed by atoms with Crippen molar-refractivity contribution < 1.29 is 28.6 Å². The molecular weight excluding hydrogens is 673 g/mol. The topological polar surface area (TPSA) is 78.9 Å². The summed E-state index contributed by atoms with van der Waals surface area (Å²) in [5, 5.41) is 0. The summed E-state index contributed by atoms with van der Waals surface area (Å²) >= 11 is 0. The molecule has 0 amide bonds. The minimum atomic E-state index is -0.762. The second-order valence-electron chi connectivity index (χ2n) is 17.8. The third-order valence-corrected chi connectivity index (χ3v) is 10.6. The molecule has 0 heterocycles. The van der Waals surface area contributed by atoms with E-state index in [0.717, 1.165) is 75.5 Å². The summed E-state index contributed by atoms with van der Waals surface area (Å²) in [4.78, 5) is 37.7. The number of carbonyl (C=O) groups is 3. The Labute approximate surface area is 336 Å². The number of hydrogen-bond acceptors (Lipinski definition) is 6. The lowest BCUT2D eigenvalue weighted by Gasteiger charge is -2.18. The lowest BCUT2D eigenvalue weighted by atomic mass is 10.0. The quantitative estimate of drug-likeness (QED) is 0.0350. The molecule has 0 aromatic heterocycles. The van der Waals surface area contributed by atoms with Crippen LogP contribution in [-0.2, 0) is 28.6 Å². The Bertz CT molecular complexity index is 837. The fraction of sp³-hybridized carbons (Fsp3) is 0.938. The summed E-state index contributed by atoms with van der Waals surface area (Å²) in [6.07, 6.45) is 36.7. The Morgan fingerprint density at radius 1 is 0.315 bits per heavy atom. The van der Waals surface area contributed by atoms with Crippen molar-refractivity contribution in [2.24, 2.45) is 17.8 Å². The van der Waals surface area contributed by atoms with Crippen molar-refractivity contribution in [2.45, 2.75) is 260 Å². The highest BCUT2D eigenvalue weighted by Gasteiger charge is 2.19. The lowest BCUT2D eigenvalue weighted by molar-refractivity contribution is -0.167. The number of rotatable bonds is 41. The van der Waals surface area contributed by atoms with E-state index in [4.69, 9.17) is 14.2 Å². The van der Waals surface area contributed by atoms with E-state index in [9.17, 15) is 14.4 Å². The molecule has 54 heavy (non-hydrogen) atoms.